The standard InChI is InChI=1S/C22H28FN2O2/c1-17-4-3-5-18(2)22(17)25-13-11-24(12-14-25)16-20(26)10-15-27-21-8-6-19(23)7-9-21/h3-9,13,20,26H,10-12,14-16H2,1-2H3. The molecule has 27 heavy (non-hydrogen) atoms. The zero-order chi connectivity index (χ0) is 19.2. The van der Waals surface area contributed by atoms with Crippen LogP contribution in [0.5, 0.6) is 5.75 Å². The van der Waals surface area contributed by atoms with E-state index in [1.165, 1.54) is 28.9 Å². The van der Waals surface area contributed by atoms with Crippen LogP contribution in [0.15, 0.2) is 42.5 Å². The molecule has 3 rings (SSSR count). The molecule has 0 bridgehead atoms. The molecule has 0 aromatic heterocycles. The van der Waals surface area contributed by atoms with E-state index in [1.807, 2.05) is 0 Å². The quantitative estimate of drug-likeness (QED) is 0.807. The second kappa shape index (κ2) is 9.20. The van der Waals surface area contributed by atoms with Gasteiger partial charge in [0, 0.05) is 38.3 Å². The number of aliphatic hydroxyl groups excluding tert-OH is 1. The summed E-state index contributed by atoms with van der Waals surface area (Å²) in [6, 6.07) is 12.3. The van der Waals surface area contributed by atoms with Crippen LogP contribution in [-0.2, 0) is 0 Å². The van der Waals surface area contributed by atoms with Crippen LogP contribution >= 0.6 is 0 Å². The summed E-state index contributed by atoms with van der Waals surface area (Å²) in [7, 11) is 0. The van der Waals surface area contributed by atoms with Crippen molar-refractivity contribution in [3.63, 3.8) is 0 Å². The molecule has 2 aromatic carbocycles. The minimum absolute atomic E-state index is 0.279. The first-order valence-electron chi connectivity index (χ1n) is 9.48. The van der Waals surface area contributed by atoms with Gasteiger partial charge in [0.1, 0.15) is 11.6 Å². The minimum Gasteiger partial charge on any atom is -0.493 e. The topological polar surface area (TPSA) is 35.9 Å². The molecule has 0 aliphatic carbocycles. The lowest BCUT2D eigenvalue weighted by molar-refractivity contribution is 0.0919. The highest BCUT2D eigenvalue weighted by molar-refractivity contribution is 5.60. The molecule has 4 nitrogen and oxygen atoms in total. The van der Waals surface area contributed by atoms with Crippen molar-refractivity contribution in [2.45, 2.75) is 26.4 Å². The number of β-amino-alcohol motifs (C(OH)–C–C–N with tert-alkyl or cyclic N) is 1. The third-order valence-corrected chi connectivity index (χ3v) is 4.95. The van der Waals surface area contributed by atoms with E-state index in [9.17, 15) is 9.50 Å². The van der Waals surface area contributed by atoms with Gasteiger partial charge < -0.3 is 14.7 Å². The smallest absolute Gasteiger partial charge is 0.123 e. The third-order valence-electron chi connectivity index (χ3n) is 4.95. The summed E-state index contributed by atoms with van der Waals surface area (Å²) in [6.07, 6.45) is 0.111. The van der Waals surface area contributed by atoms with Crippen LogP contribution in [0.1, 0.15) is 17.5 Å². The Kier molecular flexibility index (Phi) is 6.69. The number of aryl methyl sites for hydroxylation is 2. The van der Waals surface area contributed by atoms with Gasteiger partial charge in [-0.2, -0.15) is 0 Å². The molecule has 0 spiro atoms. The van der Waals surface area contributed by atoms with E-state index in [-0.39, 0.29) is 5.82 Å². The minimum atomic E-state index is -0.439. The van der Waals surface area contributed by atoms with E-state index in [0.29, 0.717) is 25.3 Å². The van der Waals surface area contributed by atoms with Gasteiger partial charge in [0.25, 0.3) is 0 Å². The number of hydrogen-bond acceptors (Lipinski definition) is 4. The number of nitrogens with zero attached hydrogens (tertiary/aromatic N) is 2. The highest BCUT2D eigenvalue weighted by atomic mass is 19.1. The zero-order valence-corrected chi connectivity index (χ0v) is 16.1. The first kappa shape index (κ1) is 19.6. The molecule has 0 saturated carbocycles. The molecule has 2 aromatic rings. The molecule has 1 aliphatic heterocycles. The molecule has 1 atom stereocenters. The average molecular weight is 371 g/mol. The van der Waals surface area contributed by atoms with Gasteiger partial charge in [0.2, 0.25) is 0 Å². The molecular weight excluding hydrogens is 343 g/mol. The second-order valence-electron chi connectivity index (χ2n) is 7.12. The van der Waals surface area contributed by atoms with Gasteiger partial charge in [-0.3, -0.25) is 4.90 Å². The Morgan fingerprint density at radius 3 is 2.41 bits per heavy atom. The number of hydrogen-bond donors (Lipinski definition) is 1. The summed E-state index contributed by atoms with van der Waals surface area (Å²) in [4.78, 5) is 4.58. The van der Waals surface area contributed by atoms with Gasteiger partial charge >= 0.3 is 0 Å². The SMILES string of the molecule is Cc1cccc(C)c1N1[CH]CN(CC(O)CCOc2ccc(F)cc2)CC1. The molecule has 1 saturated heterocycles. The Balaban J connectivity index is 1.40. The maximum absolute atomic E-state index is 12.9. The Morgan fingerprint density at radius 2 is 1.78 bits per heavy atom. The average Bonchev–Trinajstić information content (AvgIpc) is 2.64. The first-order chi connectivity index (χ1) is 13.0. The number of rotatable bonds is 7. The Bertz CT molecular complexity index is 707. The Labute approximate surface area is 161 Å². The Hall–Kier alpha value is -2.11. The van der Waals surface area contributed by atoms with E-state index in [0.717, 1.165) is 19.6 Å². The monoisotopic (exact) mass is 371 g/mol. The number of para-hydroxylation sites is 1. The lowest BCUT2D eigenvalue weighted by atomic mass is 10.1. The fourth-order valence-corrected chi connectivity index (χ4v) is 3.51. The van der Waals surface area contributed by atoms with E-state index < -0.39 is 6.10 Å². The fourth-order valence-electron chi connectivity index (χ4n) is 3.51. The van der Waals surface area contributed by atoms with Gasteiger partial charge in [-0.15, -0.1) is 0 Å². The predicted octanol–water partition coefficient (Wildman–Crippen LogP) is 3.56. The van der Waals surface area contributed by atoms with Crippen LogP contribution in [0.25, 0.3) is 0 Å². The lowest BCUT2D eigenvalue weighted by Crippen LogP contribution is -2.46. The normalized spacial score (nSPS) is 16.4. The van der Waals surface area contributed by atoms with Crippen LogP contribution in [0, 0.1) is 26.2 Å². The number of ether oxygens (including phenoxy) is 1. The van der Waals surface area contributed by atoms with Crippen molar-refractivity contribution in [2.75, 3.05) is 37.7 Å². The van der Waals surface area contributed by atoms with Crippen LogP contribution in [0.4, 0.5) is 10.1 Å². The number of piperazine rings is 1. The van der Waals surface area contributed by atoms with Gasteiger partial charge in [-0.05, 0) is 49.2 Å². The third kappa shape index (κ3) is 5.44. The van der Waals surface area contributed by atoms with Crippen molar-refractivity contribution in [2.24, 2.45) is 0 Å². The molecule has 5 heteroatoms. The molecule has 1 fully saturated rings. The number of benzene rings is 2. The molecule has 1 heterocycles. The van der Waals surface area contributed by atoms with Crippen LogP contribution < -0.4 is 9.64 Å². The molecule has 1 radical (unpaired) electrons. The molecule has 1 N–H and O–H groups in total. The van der Waals surface area contributed by atoms with E-state index >= 15 is 0 Å². The summed E-state index contributed by atoms with van der Waals surface area (Å²) in [5.74, 6) is 0.345. The fraction of sp³-hybridized carbons (Fsp3) is 0.409. The number of anilines is 1. The summed E-state index contributed by atoms with van der Waals surface area (Å²) >= 11 is 0. The van der Waals surface area contributed by atoms with Crippen molar-refractivity contribution < 1.29 is 14.2 Å². The lowest BCUT2D eigenvalue weighted by Gasteiger charge is -2.37. The van der Waals surface area contributed by atoms with Gasteiger partial charge in [-0.25, -0.2) is 4.39 Å². The summed E-state index contributed by atoms with van der Waals surface area (Å²) < 4.78 is 18.4. The summed E-state index contributed by atoms with van der Waals surface area (Å²) in [5.41, 5.74) is 3.88. The van der Waals surface area contributed by atoms with E-state index in [1.54, 1.807) is 12.1 Å². The molecule has 1 aliphatic rings. The van der Waals surface area contributed by atoms with Crippen molar-refractivity contribution in [1.82, 2.24) is 4.90 Å². The zero-order valence-electron chi connectivity index (χ0n) is 16.1. The number of aliphatic hydroxyl groups is 1. The second-order valence-corrected chi connectivity index (χ2v) is 7.12. The van der Waals surface area contributed by atoms with Crippen molar-refractivity contribution >= 4 is 5.69 Å². The van der Waals surface area contributed by atoms with Crippen LogP contribution in [0.3, 0.4) is 0 Å². The van der Waals surface area contributed by atoms with Gasteiger partial charge in [-0.1, -0.05) is 18.2 Å². The number of halogens is 1. The van der Waals surface area contributed by atoms with Crippen molar-refractivity contribution in [3.8, 4) is 5.75 Å². The van der Waals surface area contributed by atoms with E-state index in [4.69, 9.17) is 4.74 Å². The van der Waals surface area contributed by atoms with E-state index in [2.05, 4.69) is 48.4 Å². The Morgan fingerprint density at radius 1 is 1.07 bits per heavy atom. The van der Waals surface area contributed by atoms with Gasteiger partial charge in [0.05, 0.1) is 19.3 Å². The van der Waals surface area contributed by atoms with Crippen LogP contribution in [-0.4, -0.2) is 48.9 Å². The van der Waals surface area contributed by atoms with Crippen molar-refractivity contribution in [3.05, 3.63) is 66.0 Å². The largest absolute Gasteiger partial charge is 0.493 e. The maximum Gasteiger partial charge on any atom is 0.123 e. The highest BCUT2D eigenvalue weighted by Crippen LogP contribution is 2.27. The van der Waals surface area contributed by atoms with Crippen LogP contribution in [0.2, 0.25) is 0 Å². The molecular formula is C22H28FN2O2. The molecule has 1 unspecified atom stereocenters. The summed E-state index contributed by atoms with van der Waals surface area (Å²) in [6.45, 7) is 10.2. The summed E-state index contributed by atoms with van der Waals surface area (Å²) in [5, 5.41) is 10.3. The highest BCUT2D eigenvalue weighted by Gasteiger charge is 2.21. The molecule has 0 amide bonds. The maximum atomic E-state index is 12.9. The first-order valence-corrected chi connectivity index (χ1v) is 9.48. The van der Waals surface area contributed by atoms with Gasteiger partial charge in [0.15, 0.2) is 0 Å². The molecule has 145 valence electrons. The predicted molar refractivity (Wildman–Crippen MR) is 107 cm³/mol. The van der Waals surface area contributed by atoms with Crippen molar-refractivity contribution in [1.29, 1.82) is 0 Å².